The fourth-order valence-corrected chi connectivity index (χ4v) is 8.17. The normalized spacial score (nSPS) is 11.2. The fraction of sp³-hybridized carbons (Fsp3) is 0. The molecule has 0 aliphatic rings. The Morgan fingerprint density at radius 3 is 1.52 bits per heavy atom. The highest BCUT2D eigenvalue weighted by Gasteiger charge is 2.21. The van der Waals surface area contributed by atoms with E-state index in [1.165, 1.54) is 0 Å². The summed E-state index contributed by atoms with van der Waals surface area (Å²) in [6.45, 7) is 0. The SMILES string of the molecule is N#Cc1cccc(-c2cc(-n3c4ccccc4c4ccc(-c5ccccc5C#N)cc43)ncc2-n2c3ccccc3c3ccc(-c4ccccc4C#N)cc32)c1. The van der Waals surface area contributed by atoms with Crippen molar-refractivity contribution in [3.63, 3.8) is 0 Å². The number of nitriles is 3. The summed E-state index contributed by atoms with van der Waals surface area (Å²) in [7, 11) is 0. The second kappa shape index (κ2) is 13.0. The van der Waals surface area contributed by atoms with Crippen LogP contribution in [0.2, 0.25) is 0 Å². The summed E-state index contributed by atoms with van der Waals surface area (Å²) in [6, 6.07) is 61.6. The summed E-state index contributed by atoms with van der Waals surface area (Å²) in [5, 5.41) is 34.3. The summed E-state index contributed by atoms with van der Waals surface area (Å²) in [4.78, 5) is 5.25. The third-order valence-electron chi connectivity index (χ3n) is 10.7. The van der Waals surface area contributed by atoms with E-state index >= 15 is 0 Å². The maximum Gasteiger partial charge on any atom is 0.138 e. The molecule has 0 amide bonds. The van der Waals surface area contributed by atoms with Gasteiger partial charge in [-0.25, -0.2) is 4.98 Å². The zero-order valence-electron chi connectivity index (χ0n) is 29.8. The molecule has 0 saturated carbocycles. The van der Waals surface area contributed by atoms with Crippen molar-refractivity contribution in [1.29, 1.82) is 15.8 Å². The molecule has 10 rings (SSSR count). The van der Waals surface area contributed by atoms with Crippen molar-refractivity contribution in [3.8, 4) is 63.1 Å². The first-order chi connectivity index (χ1) is 27.6. The molecule has 0 saturated heterocycles. The van der Waals surface area contributed by atoms with Crippen molar-refractivity contribution >= 4 is 43.6 Å². The van der Waals surface area contributed by atoms with Crippen LogP contribution in [0.25, 0.3) is 88.5 Å². The van der Waals surface area contributed by atoms with Crippen molar-refractivity contribution in [2.75, 3.05) is 0 Å². The molecule has 0 radical (unpaired) electrons. The zero-order valence-corrected chi connectivity index (χ0v) is 29.8. The predicted molar refractivity (Wildman–Crippen MR) is 223 cm³/mol. The van der Waals surface area contributed by atoms with Crippen molar-refractivity contribution in [2.45, 2.75) is 0 Å². The second-order valence-electron chi connectivity index (χ2n) is 13.7. The summed E-state index contributed by atoms with van der Waals surface area (Å²) < 4.78 is 4.44. The Morgan fingerprint density at radius 1 is 0.393 bits per heavy atom. The van der Waals surface area contributed by atoms with Crippen LogP contribution in [0.4, 0.5) is 0 Å². The van der Waals surface area contributed by atoms with Crippen LogP contribution in [-0.4, -0.2) is 14.1 Å². The molecule has 0 unspecified atom stereocenters. The molecule has 0 N–H and O–H groups in total. The maximum atomic E-state index is 10.0. The quantitative estimate of drug-likeness (QED) is 0.177. The molecular weight excluding hydrogens is 685 g/mol. The van der Waals surface area contributed by atoms with Gasteiger partial charge in [-0.15, -0.1) is 0 Å². The van der Waals surface area contributed by atoms with Gasteiger partial charge in [-0.1, -0.05) is 109 Å². The van der Waals surface area contributed by atoms with E-state index in [1.807, 2.05) is 97.2 Å². The van der Waals surface area contributed by atoms with Crippen molar-refractivity contribution < 1.29 is 0 Å². The third-order valence-corrected chi connectivity index (χ3v) is 10.7. The van der Waals surface area contributed by atoms with Gasteiger partial charge in [0.15, 0.2) is 0 Å². The fourth-order valence-electron chi connectivity index (χ4n) is 8.17. The van der Waals surface area contributed by atoms with E-state index in [0.29, 0.717) is 22.5 Å². The van der Waals surface area contributed by atoms with Gasteiger partial charge in [0.2, 0.25) is 0 Å². The number of para-hydroxylation sites is 2. The lowest BCUT2D eigenvalue weighted by Gasteiger charge is -2.17. The van der Waals surface area contributed by atoms with Gasteiger partial charge in [-0.05, 0) is 82.4 Å². The number of nitrogens with zero attached hydrogens (tertiary/aromatic N) is 6. The molecule has 3 aromatic heterocycles. The highest BCUT2D eigenvalue weighted by molar-refractivity contribution is 6.12. The molecule has 0 atom stereocenters. The number of pyridine rings is 1. The molecule has 0 spiro atoms. The molecule has 7 aromatic carbocycles. The molecule has 6 heteroatoms. The largest absolute Gasteiger partial charge is 0.307 e. The molecule has 0 bridgehead atoms. The summed E-state index contributed by atoms with van der Waals surface area (Å²) in [6.07, 6.45) is 1.93. The first-order valence-corrected chi connectivity index (χ1v) is 18.2. The molecular formula is C50H28N6. The monoisotopic (exact) mass is 712 g/mol. The van der Waals surface area contributed by atoms with Crippen LogP contribution in [0, 0.1) is 34.0 Å². The van der Waals surface area contributed by atoms with Gasteiger partial charge in [0.05, 0.1) is 68.8 Å². The zero-order chi connectivity index (χ0) is 37.8. The Hall–Kier alpha value is -8.24. The molecule has 0 aliphatic heterocycles. The van der Waals surface area contributed by atoms with Crippen molar-refractivity contribution in [3.05, 3.63) is 187 Å². The molecule has 6 nitrogen and oxygen atoms in total. The van der Waals surface area contributed by atoms with Crippen LogP contribution in [0.15, 0.2) is 170 Å². The van der Waals surface area contributed by atoms with Gasteiger partial charge < -0.3 is 4.57 Å². The minimum Gasteiger partial charge on any atom is -0.307 e. The second-order valence-corrected chi connectivity index (χ2v) is 13.7. The molecule has 56 heavy (non-hydrogen) atoms. The molecule has 258 valence electrons. The van der Waals surface area contributed by atoms with Gasteiger partial charge in [0.1, 0.15) is 5.82 Å². The number of fused-ring (bicyclic) bond motifs is 6. The lowest BCUT2D eigenvalue weighted by molar-refractivity contribution is 1.06. The predicted octanol–water partition coefficient (Wildman–Crippen LogP) is 11.9. The van der Waals surface area contributed by atoms with Gasteiger partial charge in [0.25, 0.3) is 0 Å². The standard InChI is InChI=1S/C50H28N6/c51-28-32-10-9-13-33(24-32)44-27-50(56-46-19-8-6-17-41(46)43-23-21-35(26-48(43)56)39-15-4-2-12-37(39)30-53)54-31-49(44)55-45-18-7-5-16-40(45)42-22-20-34(25-47(42)55)38-14-3-1-11-36(38)29-52/h1-27,31H. The number of aromatic nitrogens is 3. The summed E-state index contributed by atoms with van der Waals surface area (Å²) >= 11 is 0. The van der Waals surface area contributed by atoms with Gasteiger partial charge in [-0.3, -0.25) is 4.57 Å². The van der Waals surface area contributed by atoms with Crippen LogP contribution < -0.4 is 0 Å². The molecule has 10 aromatic rings. The summed E-state index contributed by atoms with van der Waals surface area (Å²) in [5.41, 5.74) is 12.0. The smallest absolute Gasteiger partial charge is 0.138 e. The Morgan fingerprint density at radius 2 is 0.911 bits per heavy atom. The van der Waals surface area contributed by atoms with E-state index < -0.39 is 0 Å². The number of hydrogen-bond acceptors (Lipinski definition) is 4. The van der Waals surface area contributed by atoms with Gasteiger partial charge >= 0.3 is 0 Å². The average Bonchev–Trinajstić information content (AvgIpc) is 3.78. The number of hydrogen-bond donors (Lipinski definition) is 0. The van der Waals surface area contributed by atoms with Crippen molar-refractivity contribution in [1.82, 2.24) is 14.1 Å². The Balaban J connectivity index is 1.27. The van der Waals surface area contributed by atoms with Crippen LogP contribution in [0.3, 0.4) is 0 Å². The third kappa shape index (κ3) is 5.05. The average molecular weight is 713 g/mol. The van der Waals surface area contributed by atoms with Crippen LogP contribution in [0.1, 0.15) is 16.7 Å². The van der Waals surface area contributed by atoms with E-state index in [0.717, 1.165) is 82.7 Å². The van der Waals surface area contributed by atoms with Crippen LogP contribution >= 0.6 is 0 Å². The number of benzene rings is 7. The number of rotatable bonds is 5. The van der Waals surface area contributed by atoms with E-state index in [4.69, 9.17) is 4.98 Å². The van der Waals surface area contributed by atoms with E-state index in [2.05, 4.69) is 100 Å². The van der Waals surface area contributed by atoms with E-state index in [-0.39, 0.29) is 0 Å². The lowest BCUT2D eigenvalue weighted by atomic mass is 9.99. The minimum atomic E-state index is 0.557. The molecule has 0 aliphatic carbocycles. The Labute approximate surface area is 322 Å². The Bertz CT molecular complexity index is 3360. The highest BCUT2D eigenvalue weighted by Crippen LogP contribution is 2.41. The topological polar surface area (TPSA) is 94.1 Å². The maximum absolute atomic E-state index is 10.0. The van der Waals surface area contributed by atoms with Gasteiger partial charge in [0, 0.05) is 27.1 Å². The lowest BCUT2D eigenvalue weighted by Crippen LogP contribution is -2.03. The first-order valence-electron chi connectivity index (χ1n) is 18.2. The minimum absolute atomic E-state index is 0.557. The van der Waals surface area contributed by atoms with Crippen molar-refractivity contribution in [2.24, 2.45) is 0 Å². The van der Waals surface area contributed by atoms with E-state index in [9.17, 15) is 15.8 Å². The van der Waals surface area contributed by atoms with Gasteiger partial charge in [-0.2, -0.15) is 15.8 Å². The first kappa shape index (κ1) is 32.4. The van der Waals surface area contributed by atoms with E-state index in [1.54, 1.807) is 0 Å². The summed E-state index contributed by atoms with van der Waals surface area (Å²) in [5.74, 6) is 0.715. The molecule has 0 fully saturated rings. The highest BCUT2D eigenvalue weighted by atomic mass is 15.1. The molecule has 3 heterocycles. The van der Waals surface area contributed by atoms with Crippen LogP contribution in [0.5, 0.6) is 0 Å². The Kier molecular flexibility index (Phi) is 7.53. The van der Waals surface area contributed by atoms with Crippen LogP contribution in [-0.2, 0) is 0 Å².